The van der Waals surface area contributed by atoms with E-state index in [0.717, 1.165) is 25.0 Å². The summed E-state index contributed by atoms with van der Waals surface area (Å²) in [4.78, 5) is 0. The van der Waals surface area contributed by atoms with Crippen LogP contribution in [0.2, 0.25) is 0 Å². The maximum atomic E-state index is 10.7. The minimum atomic E-state index is -3.34. The van der Waals surface area contributed by atoms with Gasteiger partial charge < -0.3 is 4.74 Å². The van der Waals surface area contributed by atoms with E-state index in [0.29, 0.717) is 13.0 Å². The molecule has 1 aromatic rings. The Bertz CT molecular complexity index is 525. The molecule has 2 rings (SSSR count). The molecule has 0 fully saturated rings. The second-order valence-electron chi connectivity index (χ2n) is 4.94. The normalized spacial score (nSPS) is 14.4. The first-order chi connectivity index (χ1) is 9.04. The van der Waals surface area contributed by atoms with Crippen molar-refractivity contribution in [3.8, 4) is 5.75 Å². The van der Waals surface area contributed by atoms with Crippen LogP contribution in [0.1, 0.15) is 36.8 Å². The van der Waals surface area contributed by atoms with Gasteiger partial charge in [0.2, 0.25) is 9.05 Å². The number of ether oxygens (including phenoxy) is 1. The Morgan fingerprint density at radius 3 is 2.68 bits per heavy atom. The van der Waals surface area contributed by atoms with Gasteiger partial charge in [-0.15, -0.1) is 0 Å². The van der Waals surface area contributed by atoms with Gasteiger partial charge >= 0.3 is 0 Å². The summed E-state index contributed by atoms with van der Waals surface area (Å²) >= 11 is 0. The van der Waals surface area contributed by atoms with Crippen molar-refractivity contribution in [1.82, 2.24) is 0 Å². The van der Waals surface area contributed by atoms with E-state index in [9.17, 15) is 8.42 Å². The number of aryl methyl sites for hydroxylation is 2. The molecule has 0 N–H and O–H groups in total. The summed E-state index contributed by atoms with van der Waals surface area (Å²) in [5.41, 5.74) is 2.85. The van der Waals surface area contributed by atoms with Crippen LogP contribution in [0.5, 0.6) is 5.75 Å². The lowest BCUT2D eigenvalue weighted by Crippen LogP contribution is -2.01. The summed E-state index contributed by atoms with van der Waals surface area (Å²) in [5, 5.41) is 0. The van der Waals surface area contributed by atoms with Crippen LogP contribution in [0.4, 0.5) is 0 Å². The molecule has 19 heavy (non-hydrogen) atoms. The van der Waals surface area contributed by atoms with E-state index in [2.05, 4.69) is 12.1 Å². The summed E-state index contributed by atoms with van der Waals surface area (Å²) in [7, 11) is 1.80. The monoisotopic (exact) mass is 302 g/mol. The molecule has 0 heterocycles. The van der Waals surface area contributed by atoms with Crippen molar-refractivity contribution in [3.05, 3.63) is 29.3 Å². The van der Waals surface area contributed by atoms with E-state index in [1.165, 1.54) is 24.0 Å². The van der Waals surface area contributed by atoms with Gasteiger partial charge in [-0.2, -0.15) is 0 Å². The highest BCUT2D eigenvalue weighted by atomic mass is 35.7. The van der Waals surface area contributed by atoms with E-state index in [1.54, 1.807) is 0 Å². The average Bonchev–Trinajstić information content (AvgIpc) is 2.79. The van der Waals surface area contributed by atoms with Gasteiger partial charge in [-0.3, -0.25) is 0 Å². The maximum absolute atomic E-state index is 10.7. The second kappa shape index (κ2) is 6.62. The lowest BCUT2D eigenvalue weighted by Gasteiger charge is -2.07. The standard InChI is InChI=1S/C14H19ClO3S/c15-19(16,17)10-3-1-2-9-18-14-8-7-12-5-4-6-13(12)11-14/h7-8,11H,1-6,9-10H2. The van der Waals surface area contributed by atoms with E-state index in [-0.39, 0.29) is 5.75 Å². The van der Waals surface area contributed by atoms with E-state index in [4.69, 9.17) is 15.4 Å². The van der Waals surface area contributed by atoms with Crippen LogP contribution in [0.15, 0.2) is 18.2 Å². The molecule has 106 valence electrons. The van der Waals surface area contributed by atoms with Crippen molar-refractivity contribution >= 4 is 19.7 Å². The van der Waals surface area contributed by atoms with Crippen LogP contribution in [-0.4, -0.2) is 20.8 Å². The highest BCUT2D eigenvalue weighted by Gasteiger charge is 2.11. The minimum Gasteiger partial charge on any atom is -0.494 e. The van der Waals surface area contributed by atoms with Crippen LogP contribution in [-0.2, 0) is 21.9 Å². The van der Waals surface area contributed by atoms with Crippen molar-refractivity contribution in [1.29, 1.82) is 0 Å². The molecular formula is C14H19ClO3S. The van der Waals surface area contributed by atoms with Crippen LogP contribution in [0.3, 0.4) is 0 Å². The number of rotatable bonds is 7. The van der Waals surface area contributed by atoms with Gasteiger partial charge in [0.15, 0.2) is 0 Å². The minimum absolute atomic E-state index is 0.0490. The molecule has 1 aliphatic carbocycles. The average molecular weight is 303 g/mol. The molecule has 0 amide bonds. The quantitative estimate of drug-likeness (QED) is 0.573. The third-order valence-electron chi connectivity index (χ3n) is 3.37. The van der Waals surface area contributed by atoms with Gasteiger partial charge in [-0.1, -0.05) is 6.07 Å². The van der Waals surface area contributed by atoms with Gasteiger partial charge in [-0.25, -0.2) is 8.42 Å². The highest BCUT2D eigenvalue weighted by molar-refractivity contribution is 8.13. The Balaban J connectivity index is 1.66. The molecule has 1 aromatic carbocycles. The van der Waals surface area contributed by atoms with Crippen molar-refractivity contribution < 1.29 is 13.2 Å². The number of fused-ring (bicyclic) bond motifs is 1. The van der Waals surface area contributed by atoms with Crippen LogP contribution in [0.25, 0.3) is 0 Å². The molecule has 1 aliphatic rings. The molecule has 0 spiro atoms. The molecule has 5 heteroatoms. The molecule has 0 atom stereocenters. The maximum Gasteiger partial charge on any atom is 0.232 e. The Kier molecular flexibility index (Phi) is 5.11. The fourth-order valence-corrected chi connectivity index (χ4v) is 3.26. The Morgan fingerprint density at radius 2 is 1.89 bits per heavy atom. The molecular weight excluding hydrogens is 284 g/mol. The van der Waals surface area contributed by atoms with Gasteiger partial charge in [0, 0.05) is 10.7 Å². The molecule has 0 bridgehead atoms. The number of halogens is 1. The van der Waals surface area contributed by atoms with E-state index >= 15 is 0 Å². The zero-order chi connectivity index (χ0) is 13.7. The lowest BCUT2D eigenvalue weighted by molar-refractivity contribution is 0.306. The van der Waals surface area contributed by atoms with Crippen LogP contribution < -0.4 is 4.74 Å². The predicted molar refractivity (Wildman–Crippen MR) is 77.5 cm³/mol. The zero-order valence-electron chi connectivity index (χ0n) is 10.9. The van der Waals surface area contributed by atoms with Crippen LogP contribution >= 0.6 is 10.7 Å². The fraction of sp³-hybridized carbons (Fsp3) is 0.571. The first-order valence-corrected chi connectivity index (χ1v) is 9.19. The lowest BCUT2D eigenvalue weighted by atomic mass is 10.1. The topological polar surface area (TPSA) is 43.4 Å². The van der Waals surface area contributed by atoms with Gasteiger partial charge in [0.1, 0.15) is 5.75 Å². The predicted octanol–water partition coefficient (Wildman–Crippen LogP) is 3.29. The second-order valence-corrected chi connectivity index (χ2v) is 7.83. The SMILES string of the molecule is O=S(=O)(Cl)CCCCCOc1ccc2c(c1)CCC2. The van der Waals surface area contributed by atoms with E-state index < -0.39 is 9.05 Å². The van der Waals surface area contributed by atoms with E-state index in [1.807, 2.05) is 6.07 Å². The van der Waals surface area contributed by atoms with Crippen molar-refractivity contribution in [2.75, 3.05) is 12.4 Å². The van der Waals surface area contributed by atoms with Crippen molar-refractivity contribution in [2.45, 2.75) is 38.5 Å². The molecule has 0 unspecified atom stereocenters. The Hall–Kier alpha value is -0.740. The molecule has 0 radical (unpaired) electrons. The molecule has 0 aromatic heterocycles. The summed E-state index contributed by atoms with van der Waals surface area (Å²) in [6.45, 7) is 0.626. The summed E-state index contributed by atoms with van der Waals surface area (Å²) in [5.74, 6) is 0.971. The van der Waals surface area contributed by atoms with Gasteiger partial charge in [0.05, 0.1) is 12.4 Å². The summed E-state index contributed by atoms with van der Waals surface area (Å²) in [6.07, 6.45) is 5.84. The third-order valence-corrected chi connectivity index (χ3v) is 4.61. The number of hydrogen-bond donors (Lipinski definition) is 0. The smallest absolute Gasteiger partial charge is 0.232 e. The number of benzene rings is 1. The number of hydrogen-bond acceptors (Lipinski definition) is 3. The molecule has 0 aliphatic heterocycles. The third kappa shape index (κ3) is 5.03. The Labute approximate surface area is 119 Å². The molecule has 0 saturated carbocycles. The van der Waals surface area contributed by atoms with Crippen LogP contribution in [0, 0.1) is 0 Å². The Morgan fingerprint density at radius 1 is 1.11 bits per heavy atom. The van der Waals surface area contributed by atoms with Gasteiger partial charge in [-0.05, 0) is 61.8 Å². The van der Waals surface area contributed by atoms with Gasteiger partial charge in [0.25, 0.3) is 0 Å². The van der Waals surface area contributed by atoms with Crippen molar-refractivity contribution in [3.63, 3.8) is 0 Å². The molecule has 3 nitrogen and oxygen atoms in total. The first kappa shape index (κ1) is 14.7. The summed E-state index contributed by atoms with van der Waals surface area (Å²) < 4.78 is 27.1. The largest absolute Gasteiger partial charge is 0.494 e. The zero-order valence-corrected chi connectivity index (χ0v) is 12.5. The first-order valence-electron chi connectivity index (χ1n) is 6.71. The van der Waals surface area contributed by atoms with Crippen molar-refractivity contribution in [2.24, 2.45) is 0 Å². The number of unbranched alkanes of at least 4 members (excludes halogenated alkanes) is 2. The fourth-order valence-electron chi connectivity index (χ4n) is 2.38. The molecule has 0 saturated heterocycles. The highest BCUT2D eigenvalue weighted by Crippen LogP contribution is 2.26. The summed E-state index contributed by atoms with van der Waals surface area (Å²) in [6, 6.07) is 6.30.